The summed E-state index contributed by atoms with van der Waals surface area (Å²) in [4.78, 5) is 27.0. The lowest BCUT2D eigenvalue weighted by atomic mass is 9.77. The number of aryl methyl sites for hydroxylation is 1. The van der Waals surface area contributed by atoms with E-state index in [1.54, 1.807) is 24.3 Å². The van der Waals surface area contributed by atoms with Gasteiger partial charge in [0.1, 0.15) is 5.58 Å². The van der Waals surface area contributed by atoms with Crippen LogP contribution >= 0.6 is 0 Å². The molecule has 1 aliphatic carbocycles. The lowest BCUT2D eigenvalue weighted by Crippen LogP contribution is -2.39. The minimum atomic E-state index is -0.983. The second-order valence-corrected chi connectivity index (χ2v) is 10.1. The van der Waals surface area contributed by atoms with Crippen LogP contribution in [0.5, 0.6) is 0 Å². The van der Waals surface area contributed by atoms with E-state index in [-0.39, 0.29) is 17.0 Å². The lowest BCUT2D eigenvalue weighted by molar-refractivity contribution is 0.0698. The summed E-state index contributed by atoms with van der Waals surface area (Å²) in [6.45, 7) is 5.75. The number of hydrogen-bond donors (Lipinski definition) is 2. The van der Waals surface area contributed by atoms with E-state index in [1.807, 2.05) is 32.0 Å². The molecule has 1 saturated heterocycles. The van der Waals surface area contributed by atoms with Gasteiger partial charge in [-0.3, -0.25) is 4.79 Å². The number of carbonyl (C=O) groups is 1. The zero-order valence-corrected chi connectivity index (χ0v) is 19.9. The molecule has 1 unspecified atom stereocenters. The van der Waals surface area contributed by atoms with E-state index >= 15 is 0 Å². The van der Waals surface area contributed by atoms with Gasteiger partial charge in [-0.1, -0.05) is 31.0 Å². The number of carboxylic acid groups (broad SMARTS) is 1. The number of nitrogens with one attached hydrogen (secondary N) is 1. The van der Waals surface area contributed by atoms with Crippen LogP contribution in [0.1, 0.15) is 73.0 Å². The van der Waals surface area contributed by atoms with Gasteiger partial charge in [-0.25, -0.2) is 4.79 Å². The summed E-state index contributed by atoms with van der Waals surface area (Å²) in [5, 5.41) is 13.4. The number of fused-ring (bicyclic) bond motifs is 1. The first-order valence-electron chi connectivity index (χ1n) is 12.3. The largest absolute Gasteiger partial charge is 0.478 e. The average Bonchev–Trinajstić information content (AvgIpc) is 3.27. The molecule has 2 fully saturated rings. The summed E-state index contributed by atoms with van der Waals surface area (Å²) in [7, 11) is 0. The third-order valence-electron chi connectivity index (χ3n) is 7.78. The Morgan fingerprint density at radius 1 is 1.09 bits per heavy atom. The van der Waals surface area contributed by atoms with E-state index in [2.05, 4.69) is 10.2 Å². The molecule has 3 aromatic rings. The smallest absolute Gasteiger partial charge is 0.337 e. The number of rotatable bonds is 5. The number of piperidine rings is 1. The van der Waals surface area contributed by atoms with Crippen molar-refractivity contribution in [2.24, 2.45) is 5.41 Å². The second-order valence-electron chi connectivity index (χ2n) is 10.1. The van der Waals surface area contributed by atoms with Gasteiger partial charge in [-0.05, 0) is 68.7 Å². The quantitative estimate of drug-likeness (QED) is 0.476. The first kappa shape index (κ1) is 22.5. The lowest BCUT2D eigenvalue weighted by Gasteiger charge is -2.39. The minimum absolute atomic E-state index is 0.0412. The highest BCUT2D eigenvalue weighted by atomic mass is 16.4. The highest BCUT2D eigenvalue weighted by Crippen LogP contribution is 2.46. The maximum absolute atomic E-state index is 13.1. The van der Waals surface area contributed by atoms with Crippen LogP contribution in [0.4, 0.5) is 11.6 Å². The van der Waals surface area contributed by atoms with Crippen LogP contribution < -0.4 is 15.6 Å². The van der Waals surface area contributed by atoms with E-state index in [0.717, 1.165) is 37.1 Å². The maximum Gasteiger partial charge on any atom is 0.337 e. The molecule has 1 atom stereocenters. The van der Waals surface area contributed by atoms with Crippen molar-refractivity contribution >= 4 is 28.5 Å². The number of para-hydroxylation sites is 1. The molecule has 0 radical (unpaired) electrons. The van der Waals surface area contributed by atoms with E-state index in [4.69, 9.17) is 4.42 Å². The molecular weight excluding hydrogens is 428 g/mol. The predicted molar refractivity (Wildman–Crippen MR) is 135 cm³/mol. The van der Waals surface area contributed by atoms with Crippen molar-refractivity contribution in [3.8, 4) is 0 Å². The Morgan fingerprint density at radius 2 is 1.79 bits per heavy atom. The number of hydrogen-bond acceptors (Lipinski definition) is 5. The number of anilines is 2. The molecular formula is C28H32N2O4. The van der Waals surface area contributed by atoms with E-state index in [1.165, 1.54) is 25.7 Å². The number of carboxylic acids is 1. The summed E-state index contributed by atoms with van der Waals surface area (Å²) < 4.78 is 6.43. The van der Waals surface area contributed by atoms with Crippen LogP contribution in [0.15, 0.2) is 51.7 Å². The van der Waals surface area contributed by atoms with Gasteiger partial charge < -0.3 is 19.7 Å². The van der Waals surface area contributed by atoms with Gasteiger partial charge in [-0.2, -0.15) is 0 Å². The molecule has 34 heavy (non-hydrogen) atoms. The molecule has 0 amide bonds. The van der Waals surface area contributed by atoms with Gasteiger partial charge in [0.25, 0.3) is 0 Å². The predicted octanol–water partition coefficient (Wildman–Crippen LogP) is 6.13. The van der Waals surface area contributed by atoms with Crippen LogP contribution in [0, 0.1) is 12.3 Å². The molecule has 178 valence electrons. The molecule has 6 heteroatoms. The second kappa shape index (κ2) is 8.82. The number of nitrogens with zero attached hydrogens (tertiary/aromatic N) is 1. The Bertz CT molecular complexity index is 1280. The van der Waals surface area contributed by atoms with Crippen LogP contribution in [0.25, 0.3) is 11.0 Å². The van der Waals surface area contributed by atoms with E-state index < -0.39 is 5.97 Å². The van der Waals surface area contributed by atoms with Crippen LogP contribution in [0.2, 0.25) is 0 Å². The Labute approximate surface area is 199 Å². The van der Waals surface area contributed by atoms with Crippen molar-refractivity contribution in [1.82, 2.24) is 0 Å². The van der Waals surface area contributed by atoms with Crippen molar-refractivity contribution in [3.63, 3.8) is 0 Å². The van der Waals surface area contributed by atoms with Crippen molar-refractivity contribution in [1.29, 1.82) is 0 Å². The third kappa shape index (κ3) is 4.17. The molecule has 2 aliphatic rings. The molecule has 1 spiro atoms. The summed E-state index contributed by atoms with van der Waals surface area (Å²) in [5.41, 5.74) is 3.58. The van der Waals surface area contributed by atoms with Crippen molar-refractivity contribution < 1.29 is 14.3 Å². The summed E-state index contributed by atoms with van der Waals surface area (Å²) in [5.74, 6) is -0.350. The monoisotopic (exact) mass is 460 g/mol. The average molecular weight is 461 g/mol. The highest BCUT2D eigenvalue weighted by Gasteiger charge is 2.37. The SMILES string of the molecule is Cc1cc(C(C)Nc2ccccc2C(=O)O)c2oc(N3CCC4(CCCC4)CC3)cc(=O)c2c1. The molecule has 6 nitrogen and oxygen atoms in total. The fourth-order valence-electron chi connectivity index (χ4n) is 5.83. The van der Waals surface area contributed by atoms with Gasteiger partial charge in [0.2, 0.25) is 0 Å². The maximum atomic E-state index is 13.1. The Kier molecular flexibility index (Phi) is 5.84. The zero-order chi connectivity index (χ0) is 23.9. The van der Waals surface area contributed by atoms with Gasteiger partial charge in [0, 0.05) is 30.4 Å². The van der Waals surface area contributed by atoms with Gasteiger partial charge in [0.05, 0.1) is 17.0 Å². The van der Waals surface area contributed by atoms with Gasteiger partial charge in [0.15, 0.2) is 11.3 Å². The van der Waals surface area contributed by atoms with Crippen LogP contribution in [-0.4, -0.2) is 24.2 Å². The zero-order valence-electron chi connectivity index (χ0n) is 19.9. The first-order chi connectivity index (χ1) is 16.3. The summed E-state index contributed by atoms with van der Waals surface area (Å²) in [6.07, 6.45) is 7.63. The van der Waals surface area contributed by atoms with Crippen LogP contribution in [-0.2, 0) is 0 Å². The van der Waals surface area contributed by atoms with Crippen LogP contribution in [0.3, 0.4) is 0 Å². The molecule has 2 N–H and O–H groups in total. The normalized spacial score (nSPS) is 18.4. The van der Waals surface area contributed by atoms with E-state index in [0.29, 0.717) is 28.0 Å². The van der Waals surface area contributed by atoms with E-state index in [9.17, 15) is 14.7 Å². The molecule has 2 heterocycles. The fourth-order valence-corrected chi connectivity index (χ4v) is 5.83. The molecule has 1 aliphatic heterocycles. The van der Waals surface area contributed by atoms with Crippen molar-refractivity contribution in [2.75, 3.05) is 23.3 Å². The first-order valence-corrected chi connectivity index (χ1v) is 12.3. The highest BCUT2D eigenvalue weighted by molar-refractivity contribution is 5.94. The molecule has 2 aromatic carbocycles. The topological polar surface area (TPSA) is 82.8 Å². The molecule has 1 aromatic heterocycles. The molecule has 1 saturated carbocycles. The Balaban J connectivity index is 1.49. The van der Waals surface area contributed by atoms with Crippen molar-refractivity contribution in [3.05, 3.63) is 69.4 Å². The molecule has 5 rings (SSSR count). The summed E-state index contributed by atoms with van der Waals surface area (Å²) >= 11 is 0. The molecule has 0 bridgehead atoms. The Hall–Kier alpha value is -3.28. The Morgan fingerprint density at radius 3 is 2.50 bits per heavy atom. The fraction of sp³-hybridized carbons (Fsp3) is 0.429. The number of benzene rings is 2. The van der Waals surface area contributed by atoms with Crippen molar-refractivity contribution in [2.45, 2.75) is 58.4 Å². The minimum Gasteiger partial charge on any atom is -0.478 e. The number of aromatic carboxylic acids is 1. The third-order valence-corrected chi connectivity index (χ3v) is 7.78. The standard InChI is InChI=1S/C28H32N2O4/c1-18-15-21(19(2)29-23-8-4-3-7-20(23)27(32)33)26-22(16-18)24(31)17-25(34-26)30-13-11-28(12-14-30)9-5-6-10-28/h3-4,7-8,15-17,19,29H,5-6,9-14H2,1-2H3,(H,32,33). The van der Waals surface area contributed by atoms with Gasteiger partial charge >= 0.3 is 5.97 Å². The summed E-state index contributed by atoms with van der Waals surface area (Å²) in [6, 6.07) is 12.1. The van der Waals surface area contributed by atoms with Gasteiger partial charge in [-0.15, -0.1) is 0 Å².